The van der Waals surface area contributed by atoms with E-state index in [9.17, 15) is 0 Å². The Morgan fingerprint density at radius 2 is 2.30 bits per heavy atom. The highest BCUT2D eigenvalue weighted by molar-refractivity contribution is 5.76. The molecule has 1 aliphatic rings. The van der Waals surface area contributed by atoms with Crippen molar-refractivity contribution in [2.24, 2.45) is 4.99 Å². The van der Waals surface area contributed by atoms with E-state index in [0.29, 0.717) is 6.04 Å². The summed E-state index contributed by atoms with van der Waals surface area (Å²) < 4.78 is 5.09. The second kappa shape index (κ2) is 3.59. The molecule has 0 aromatic heterocycles. The molecule has 0 spiro atoms. The van der Waals surface area contributed by atoms with Crippen LogP contribution in [-0.4, -0.2) is 19.0 Å². The summed E-state index contributed by atoms with van der Waals surface area (Å²) in [5.41, 5.74) is 0. The average Bonchev–Trinajstić information content (AvgIpc) is 2.13. The van der Waals surface area contributed by atoms with E-state index in [0.717, 1.165) is 12.3 Å². The van der Waals surface area contributed by atoms with Gasteiger partial charge < -0.3 is 4.74 Å². The minimum Gasteiger partial charge on any atom is -0.484 e. The van der Waals surface area contributed by atoms with E-state index in [4.69, 9.17) is 4.74 Å². The largest absolute Gasteiger partial charge is 0.484 e. The first-order chi connectivity index (χ1) is 4.83. The molecule has 0 aliphatic carbocycles. The van der Waals surface area contributed by atoms with Crippen molar-refractivity contribution >= 4 is 5.90 Å². The number of nitrogens with zero attached hydrogens (tertiary/aromatic N) is 1. The lowest BCUT2D eigenvalue weighted by Crippen LogP contribution is -2.03. The smallest absolute Gasteiger partial charge is 0.183 e. The Hall–Kier alpha value is -0.530. The van der Waals surface area contributed by atoms with Crippen molar-refractivity contribution in [1.82, 2.24) is 0 Å². The number of aliphatic imine (C=N–C) groups is 1. The lowest BCUT2D eigenvalue weighted by atomic mass is 10.1. The standard InChI is InChI=1S/C8H15NO/c1-7-5-3-4-6-8(9-7)10-2/h7H,3-6H2,1-2H3. The zero-order valence-electron chi connectivity index (χ0n) is 6.76. The fourth-order valence-corrected chi connectivity index (χ4v) is 1.25. The quantitative estimate of drug-likeness (QED) is 0.505. The molecule has 1 heterocycles. The van der Waals surface area contributed by atoms with Crippen LogP contribution in [0.1, 0.15) is 32.6 Å². The summed E-state index contributed by atoms with van der Waals surface area (Å²) in [5, 5.41) is 0. The summed E-state index contributed by atoms with van der Waals surface area (Å²) in [6.07, 6.45) is 4.77. The molecule has 0 aromatic carbocycles. The van der Waals surface area contributed by atoms with E-state index >= 15 is 0 Å². The first-order valence-corrected chi connectivity index (χ1v) is 3.93. The third kappa shape index (κ3) is 2.01. The highest BCUT2D eigenvalue weighted by Gasteiger charge is 2.08. The normalized spacial score (nSPS) is 27.0. The van der Waals surface area contributed by atoms with Crippen molar-refractivity contribution in [3.8, 4) is 0 Å². The van der Waals surface area contributed by atoms with Crippen LogP contribution in [0.15, 0.2) is 4.99 Å². The summed E-state index contributed by atoms with van der Waals surface area (Å²) in [6, 6.07) is 0.470. The molecule has 1 atom stereocenters. The lowest BCUT2D eigenvalue weighted by Gasteiger charge is -2.02. The summed E-state index contributed by atoms with van der Waals surface area (Å²) >= 11 is 0. The predicted octanol–water partition coefficient (Wildman–Crippen LogP) is 1.99. The van der Waals surface area contributed by atoms with E-state index < -0.39 is 0 Å². The minimum atomic E-state index is 0.470. The number of ether oxygens (including phenoxy) is 1. The molecule has 0 radical (unpaired) electrons. The van der Waals surface area contributed by atoms with Gasteiger partial charge in [-0.2, -0.15) is 0 Å². The maximum Gasteiger partial charge on any atom is 0.183 e. The molecule has 58 valence electrons. The monoisotopic (exact) mass is 141 g/mol. The molecule has 0 amide bonds. The molecule has 2 heteroatoms. The van der Waals surface area contributed by atoms with Crippen molar-refractivity contribution in [2.75, 3.05) is 7.11 Å². The summed E-state index contributed by atoms with van der Waals surface area (Å²) in [7, 11) is 1.71. The highest BCUT2D eigenvalue weighted by Crippen LogP contribution is 2.12. The highest BCUT2D eigenvalue weighted by atomic mass is 16.5. The number of hydrogen-bond donors (Lipinski definition) is 0. The van der Waals surface area contributed by atoms with Crippen molar-refractivity contribution in [3.05, 3.63) is 0 Å². The van der Waals surface area contributed by atoms with Crippen LogP contribution in [0, 0.1) is 0 Å². The number of hydrogen-bond acceptors (Lipinski definition) is 2. The van der Waals surface area contributed by atoms with Crippen molar-refractivity contribution in [1.29, 1.82) is 0 Å². The fraction of sp³-hybridized carbons (Fsp3) is 0.875. The Morgan fingerprint density at radius 3 is 3.00 bits per heavy atom. The second-order valence-corrected chi connectivity index (χ2v) is 2.82. The van der Waals surface area contributed by atoms with Gasteiger partial charge in [-0.1, -0.05) is 6.42 Å². The molecule has 0 N–H and O–H groups in total. The Balaban J connectivity index is 2.50. The maximum atomic E-state index is 5.09. The van der Waals surface area contributed by atoms with Crippen molar-refractivity contribution in [2.45, 2.75) is 38.6 Å². The van der Waals surface area contributed by atoms with Crippen LogP contribution >= 0.6 is 0 Å². The van der Waals surface area contributed by atoms with Gasteiger partial charge >= 0.3 is 0 Å². The zero-order chi connectivity index (χ0) is 7.40. The van der Waals surface area contributed by atoms with Crippen LogP contribution in [0.3, 0.4) is 0 Å². The Kier molecular flexibility index (Phi) is 2.72. The molecule has 0 aromatic rings. The molecule has 0 saturated carbocycles. The minimum absolute atomic E-state index is 0.470. The average molecular weight is 141 g/mol. The number of rotatable bonds is 0. The van der Waals surface area contributed by atoms with Crippen LogP contribution in [0.25, 0.3) is 0 Å². The van der Waals surface area contributed by atoms with Gasteiger partial charge in [0.2, 0.25) is 0 Å². The Labute approximate surface area is 62.3 Å². The molecular weight excluding hydrogens is 126 g/mol. The van der Waals surface area contributed by atoms with Crippen molar-refractivity contribution < 1.29 is 4.74 Å². The van der Waals surface area contributed by atoms with Crippen LogP contribution in [0.2, 0.25) is 0 Å². The zero-order valence-corrected chi connectivity index (χ0v) is 6.76. The van der Waals surface area contributed by atoms with E-state index in [1.165, 1.54) is 19.3 Å². The van der Waals surface area contributed by atoms with Gasteiger partial charge in [0.15, 0.2) is 5.90 Å². The Morgan fingerprint density at radius 1 is 1.50 bits per heavy atom. The van der Waals surface area contributed by atoms with Crippen LogP contribution in [0.4, 0.5) is 0 Å². The lowest BCUT2D eigenvalue weighted by molar-refractivity contribution is 0.387. The third-order valence-electron chi connectivity index (χ3n) is 1.86. The molecule has 0 saturated heterocycles. The summed E-state index contributed by atoms with van der Waals surface area (Å²) in [5.74, 6) is 0.935. The SMILES string of the molecule is COC1=NC(C)CCCC1. The Bertz CT molecular complexity index is 131. The van der Waals surface area contributed by atoms with Gasteiger partial charge in [0, 0.05) is 6.42 Å². The van der Waals surface area contributed by atoms with Gasteiger partial charge in [-0.05, 0) is 19.8 Å². The van der Waals surface area contributed by atoms with Gasteiger partial charge in [0.1, 0.15) is 0 Å². The predicted molar refractivity (Wildman–Crippen MR) is 42.4 cm³/mol. The van der Waals surface area contributed by atoms with Gasteiger partial charge in [-0.25, -0.2) is 0 Å². The first kappa shape index (κ1) is 7.58. The maximum absolute atomic E-state index is 5.09. The molecule has 1 rings (SSSR count). The molecule has 10 heavy (non-hydrogen) atoms. The van der Waals surface area contributed by atoms with E-state index in [1.807, 2.05) is 0 Å². The number of methoxy groups -OCH3 is 1. The molecule has 1 unspecified atom stereocenters. The second-order valence-electron chi connectivity index (χ2n) is 2.82. The van der Waals surface area contributed by atoms with Gasteiger partial charge in [-0.3, -0.25) is 4.99 Å². The van der Waals surface area contributed by atoms with Crippen LogP contribution in [-0.2, 0) is 4.74 Å². The van der Waals surface area contributed by atoms with E-state index in [-0.39, 0.29) is 0 Å². The molecule has 1 aliphatic heterocycles. The molecule has 2 nitrogen and oxygen atoms in total. The van der Waals surface area contributed by atoms with Crippen molar-refractivity contribution in [3.63, 3.8) is 0 Å². The third-order valence-corrected chi connectivity index (χ3v) is 1.86. The van der Waals surface area contributed by atoms with Crippen LogP contribution < -0.4 is 0 Å². The fourth-order valence-electron chi connectivity index (χ4n) is 1.25. The van der Waals surface area contributed by atoms with Gasteiger partial charge in [0.05, 0.1) is 13.2 Å². The van der Waals surface area contributed by atoms with Gasteiger partial charge in [0.25, 0.3) is 0 Å². The first-order valence-electron chi connectivity index (χ1n) is 3.93. The topological polar surface area (TPSA) is 21.6 Å². The molecule has 0 fully saturated rings. The summed E-state index contributed by atoms with van der Waals surface area (Å²) in [4.78, 5) is 4.39. The molecular formula is C8H15NO. The van der Waals surface area contributed by atoms with E-state index in [2.05, 4.69) is 11.9 Å². The molecule has 0 bridgehead atoms. The van der Waals surface area contributed by atoms with E-state index in [1.54, 1.807) is 7.11 Å². The van der Waals surface area contributed by atoms with Crippen LogP contribution in [0.5, 0.6) is 0 Å². The summed E-state index contributed by atoms with van der Waals surface area (Å²) in [6.45, 7) is 2.14. The van der Waals surface area contributed by atoms with Gasteiger partial charge in [-0.15, -0.1) is 0 Å².